The summed E-state index contributed by atoms with van der Waals surface area (Å²) in [4.78, 5) is 10.5. The van der Waals surface area contributed by atoms with Crippen molar-refractivity contribution >= 4 is 23.1 Å². The molecule has 0 amide bonds. The molecule has 0 aliphatic rings. The highest BCUT2D eigenvalue weighted by Gasteiger charge is 2.11. The number of hydrogen-bond acceptors (Lipinski definition) is 5. The molecule has 112 valence electrons. The van der Waals surface area contributed by atoms with Gasteiger partial charge in [0.1, 0.15) is 5.75 Å². The van der Waals surface area contributed by atoms with Crippen molar-refractivity contribution in [2.24, 2.45) is 0 Å². The second kappa shape index (κ2) is 7.99. The van der Waals surface area contributed by atoms with E-state index in [1.165, 1.54) is 12.1 Å². The lowest BCUT2D eigenvalue weighted by Gasteiger charge is -2.13. The zero-order chi connectivity index (χ0) is 15.1. The Balaban J connectivity index is 2.78. The molecule has 1 aromatic rings. The highest BCUT2D eigenvalue weighted by molar-refractivity contribution is 7.99. The topological polar surface area (TPSA) is 64.4 Å². The van der Waals surface area contributed by atoms with E-state index in [-0.39, 0.29) is 11.8 Å². The molecular weight excluding hydrogens is 276 g/mol. The van der Waals surface area contributed by atoms with Gasteiger partial charge in [-0.25, -0.2) is 0 Å². The number of rotatable bonds is 8. The Labute approximate surface area is 124 Å². The molecule has 0 saturated heterocycles. The fourth-order valence-corrected chi connectivity index (χ4v) is 2.02. The maximum Gasteiger partial charge on any atom is 0.275 e. The van der Waals surface area contributed by atoms with E-state index in [1.54, 1.807) is 17.8 Å². The Morgan fingerprint density at radius 2 is 2.05 bits per heavy atom. The zero-order valence-corrected chi connectivity index (χ0v) is 13.2. The molecule has 0 radical (unpaired) electrons. The third-order valence-electron chi connectivity index (χ3n) is 2.76. The van der Waals surface area contributed by atoms with Crippen molar-refractivity contribution in [3.05, 3.63) is 28.3 Å². The summed E-state index contributed by atoms with van der Waals surface area (Å²) in [5.74, 6) is 0.523. The summed E-state index contributed by atoms with van der Waals surface area (Å²) in [5, 5.41) is 14.7. The summed E-state index contributed by atoms with van der Waals surface area (Å²) in [6.45, 7) is 6.73. The van der Waals surface area contributed by atoms with Gasteiger partial charge in [0.25, 0.3) is 5.69 Å². The number of non-ortho nitro benzene ring substituents is 1. The Kier molecular flexibility index (Phi) is 6.64. The minimum absolute atomic E-state index is 0.0126. The van der Waals surface area contributed by atoms with Crippen LogP contribution in [0.2, 0.25) is 0 Å². The molecule has 6 heteroatoms. The number of ether oxygens (including phenoxy) is 1. The lowest BCUT2D eigenvalue weighted by molar-refractivity contribution is -0.384. The first-order valence-electron chi connectivity index (χ1n) is 6.65. The molecule has 0 spiro atoms. The fourth-order valence-electron chi connectivity index (χ4n) is 1.67. The lowest BCUT2D eigenvalue weighted by Crippen LogP contribution is -2.09. The van der Waals surface area contributed by atoms with Gasteiger partial charge in [-0.1, -0.05) is 6.92 Å². The number of hydrogen-bond donors (Lipinski definition) is 1. The second-order valence-corrected chi connectivity index (χ2v) is 6.18. The first kappa shape index (κ1) is 16.6. The molecule has 1 N–H and O–H groups in total. The van der Waals surface area contributed by atoms with Crippen molar-refractivity contribution < 1.29 is 9.66 Å². The van der Waals surface area contributed by atoms with Crippen LogP contribution < -0.4 is 10.1 Å². The molecule has 5 nitrogen and oxygen atoms in total. The summed E-state index contributed by atoms with van der Waals surface area (Å²) < 4.78 is 5.55. The number of nitrogens with zero attached hydrogens (tertiary/aromatic N) is 1. The van der Waals surface area contributed by atoms with Crippen LogP contribution in [0.3, 0.4) is 0 Å². The molecule has 0 aliphatic carbocycles. The van der Waals surface area contributed by atoms with Crippen LogP contribution in [0.5, 0.6) is 5.75 Å². The number of nitro benzene ring substituents is 1. The first-order chi connectivity index (χ1) is 9.42. The molecule has 0 saturated carbocycles. The van der Waals surface area contributed by atoms with Crippen LogP contribution in [-0.4, -0.2) is 29.1 Å². The van der Waals surface area contributed by atoms with Crippen molar-refractivity contribution in [3.63, 3.8) is 0 Å². The van der Waals surface area contributed by atoms with Crippen molar-refractivity contribution in [3.8, 4) is 5.75 Å². The minimum atomic E-state index is -0.400. The Morgan fingerprint density at radius 3 is 2.60 bits per heavy atom. The molecular formula is C14H22N2O3S. The van der Waals surface area contributed by atoms with Crippen LogP contribution in [0, 0.1) is 10.1 Å². The van der Waals surface area contributed by atoms with E-state index in [9.17, 15) is 10.1 Å². The van der Waals surface area contributed by atoms with Gasteiger partial charge < -0.3 is 10.1 Å². The van der Waals surface area contributed by atoms with E-state index < -0.39 is 4.92 Å². The predicted molar refractivity (Wildman–Crippen MR) is 84.9 cm³/mol. The summed E-state index contributed by atoms with van der Waals surface area (Å²) in [6, 6.07) is 4.80. The minimum Gasteiger partial charge on any atom is -0.491 e. The van der Waals surface area contributed by atoms with Crippen LogP contribution in [0.25, 0.3) is 0 Å². The maximum atomic E-state index is 10.9. The quantitative estimate of drug-likeness (QED) is 0.582. The van der Waals surface area contributed by atoms with Crippen LogP contribution in [-0.2, 0) is 0 Å². The van der Waals surface area contributed by atoms with Crippen molar-refractivity contribution in [2.45, 2.75) is 38.5 Å². The molecule has 1 atom stereocenters. The van der Waals surface area contributed by atoms with Gasteiger partial charge in [0, 0.05) is 29.6 Å². The van der Waals surface area contributed by atoms with Gasteiger partial charge in [-0.3, -0.25) is 10.1 Å². The standard InChI is InChI=1S/C14H22N2O3S/c1-10(2)19-14-8-12(7-13(9-14)16(17)18)15-6-5-11(3)20-4/h7-11,15H,5-6H2,1-4H3. The Morgan fingerprint density at radius 1 is 1.35 bits per heavy atom. The van der Waals surface area contributed by atoms with Crippen LogP contribution >= 0.6 is 11.8 Å². The van der Waals surface area contributed by atoms with Crippen molar-refractivity contribution in [1.82, 2.24) is 0 Å². The molecule has 0 bridgehead atoms. The number of nitro groups is 1. The van der Waals surface area contributed by atoms with Gasteiger partial charge in [0.15, 0.2) is 0 Å². The Bertz CT molecular complexity index is 452. The lowest BCUT2D eigenvalue weighted by atomic mass is 10.2. The second-order valence-electron chi connectivity index (χ2n) is 4.90. The highest BCUT2D eigenvalue weighted by Crippen LogP contribution is 2.27. The van der Waals surface area contributed by atoms with Crippen LogP contribution in [0.4, 0.5) is 11.4 Å². The van der Waals surface area contributed by atoms with E-state index in [1.807, 2.05) is 13.8 Å². The van der Waals surface area contributed by atoms with E-state index in [0.29, 0.717) is 11.0 Å². The van der Waals surface area contributed by atoms with Gasteiger partial charge in [0.2, 0.25) is 0 Å². The molecule has 1 unspecified atom stereocenters. The van der Waals surface area contributed by atoms with Gasteiger partial charge in [-0.15, -0.1) is 0 Å². The molecule has 0 heterocycles. The molecule has 1 aromatic carbocycles. The van der Waals surface area contributed by atoms with Gasteiger partial charge in [-0.05, 0) is 26.5 Å². The van der Waals surface area contributed by atoms with E-state index >= 15 is 0 Å². The maximum absolute atomic E-state index is 10.9. The first-order valence-corrected chi connectivity index (χ1v) is 7.94. The van der Waals surface area contributed by atoms with E-state index in [0.717, 1.165) is 18.7 Å². The normalized spacial score (nSPS) is 12.2. The van der Waals surface area contributed by atoms with Crippen LogP contribution in [0.15, 0.2) is 18.2 Å². The summed E-state index contributed by atoms with van der Waals surface area (Å²) in [7, 11) is 0. The number of nitrogens with one attached hydrogen (secondary N) is 1. The molecule has 0 aromatic heterocycles. The third-order valence-corrected chi connectivity index (χ3v) is 3.80. The summed E-state index contributed by atoms with van der Waals surface area (Å²) in [6.07, 6.45) is 3.07. The third kappa shape index (κ3) is 5.69. The zero-order valence-electron chi connectivity index (χ0n) is 12.4. The van der Waals surface area contributed by atoms with E-state index in [2.05, 4.69) is 18.5 Å². The largest absolute Gasteiger partial charge is 0.491 e. The van der Waals surface area contributed by atoms with Crippen molar-refractivity contribution in [2.75, 3.05) is 18.1 Å². The smallest absolute Gasteiger partial charge is 0.275 e. The number of thioether (sulfide) groups is 1. The van der Waals surface area contributed by atoms with Gasteiger partial charge >= 0.3 is 0 Å². The molecule has 0 aliphatic heterocycles. The average molecular weight is 298 g/mol. The summed E-state index contributed by atoms with van der Waals surface area (Å²) >= 11 is 1.81. The van der Waals surface area contributed by atoms with Crippen molar-refractivity contribution in [1.29, 1.82) is 0 Å². The predicted octanol–water partition coefficient (Wildman–Crippen LogP) is 3.94. The molecule has 20 heavy (non-hydrogen) atoms. The number of benzene rings is 1. The molecule has 1 rings (SSSR count). The van der Waals surface area contributed by atoms with Gasteiger partial charge in [0.05, 0.1) is 17.1 Å². The highest BCUT2D eigenvalue weighted by atomic mass is 32.2. The van der Waals surface area contributed by atoms with Crippen LogP contribution in [0.1, 0.15) is 27.2 Å². The average Bonchev–Trinajstić information content (AvgIpc) is 2.37. The monoisotopic (exact) mass is 298 g/mol. The molecule has 0 fully saturated rings. The Hall–Kier alpha value is -1.43. The van der Waals surface area contributed by atoms with Gasteiger partial charge in [-0.2, -0.15) is 11.8 Å². The SMILES string of the molecule is CSC(C)CCNc1cc(OC(C)C)cc([N+](=O)[O-])c1. The van der Waals surface area contributed by atoms with E-state index in [4.69, 9.17) is 4.74 Å². The fraction of sp³-hybridized carbons (Fsp3) is 0.571. The summed E-state index contributed by atoms with van der Waals surface area (Å²) in [5.41, 5.74) is 0.770. The number of anilines is 1.